The van der Waals surface area contributed by atoms with Crippen molar-refractivity contribution in [3.8, 4) is 11.4 Å². The Labute approximate surface area is 227 Å². The fourth-order valence-electron chi connectivity index (χ4n) is 5.39. The van der Waals surface area contributed by atoms with Crippen molar-refractivity contribution in [3.05, 3.63) is 54.4 Å². The van der Waals surface area contributed by atoms with Crippen LogP contribution in [0.1, 0.15) is 51.1 Å². The molecule has 1 aliphatic carbocycles. The van der Waals surface area contributed by atoms with Gasteiger partial charge in [0.05, 0.1) is 17.4 Å². The molecule has 0 bridgehead atoms. The number of hydrogen-bond acceptors (Lipinski definition) is 8. The van der Waals surface area contributed by atoms with Crippen LogP contribution in [0.2, 0.25) is 0 Å². The van der Waals surface area contributed by atoms with E-state index in [2.05, 4.69) is 63.2 Å². The smallest absolute Gasteiger partial charge is 0.243 e. The lowest BCUT2D eigenvalue weighted by atomic mass is 9.88. The maximum Gasteiger partial charge on any atom is 0.243 e. The molecule has 4 heterocycles. The largest absolute Gasteiger partial charge is 0.368 e. The summed E-state index contributed by atoms with van der Waals surface area (Å²) < 4.78 is 39.8. The molecule has 1 aliphatic heterocycles. The number of sulfone groups is 1. The molecular formula is C28H32FN7O2S. The number of benzene rings is 1. The van der Waals surface area contributed by atoms with Crippen molar-refractivity contribution >= 4 is 37.9 Å². The van der Waals surface area contributed by atoms with Gasteiger partial charge in [-0.3, -0.25) is 4.68 Å². The maximum atomic E-state index is 14.5. The fraction of sp³-hybridized carbons (Fsp3) is 0.429. The van der Waals surface area contributed by atoms with Gasteiger partial charge in [-0.1, -0.05) is 19.9 Å². The summed E-state index contributed by atoms with van der Waals surface area (Å²) >= 11 is 0. The summed E-state index contributed by atoms with van der Waals surface area (Å²) in [5, 5.41) is 9.34. The van der Waals surface area contributed by atoms with E-state index in [9.17, 15) is 12.8 Å². The standard InChI is InChI=1S/C28H32FN7O2S/c1-16(2)20-7-8-24(35-13-18(17(35)3)15-39(4,37)38)22-12-31-26(11-21(20)22)32-25-9-10-30-28(33-25)23-14-36(19-5-6-19)34-27(23)29/h7-12,14,16-19H,5-6,13,15H2,1-4H3,(H,30,31,32,33)/t17-,18-/m1/s1. The zero-order chi connectivity index (χ0) is 27.5. The average Bonchev–Trinajstić information content (AvgIpc) is 3.66. The molecule has 3 aromatic heterocycles. The highest BCUT2D eigenvalue weighted by molar-refractivity contribution is 7.90. The molecule has 11 heteroatoms. The molecule has 9 nitrogen and oxygen atoms in total. The second-order valence-corrected chi connectivity index (χ2v) is 13.3. The van der Waals surface area contributed by atoms with Gasteiger partial charge >= 0.3 is 0 Å². The molecule has 1 N–H and O–H groups in total. The highest BCUT2D eigenvalue weighted by Crippen LogP contribution is 2.40. The van der Waals surface area contributed by atoms with Gasteiger partial charge in [0.15, 0.2) is 5.82 Å². The summed E-state index contributed by atoms with van der Waals surface area (Å²) in [6.07, 6.45) is 8.44. The number of aromatic nitrogens is 5. The lowest BCUT2D eigenvalue weighted by molar-refractivity contribution is 0.342. The summed E-state index contributed by atoms with van der Waals surface area (Å²) in [4.78, 5) is 15.7. The second-order valence-electron chi connectivity index (χ2n) is 11.1. The van der Waals surface area contributed by atoms with Crippen molar-refractivity contribution < 1.29 is 12.8 Å². The zero-order valence-electron chi connectivity index (χ0n) is 22.5. The molecule has 1 saturated heterocycles. The van der Waals surface area contributed by atoms with Crippen molar-refractivity contribution in [2.24, 2.45) is 5.92 Å². The van der Waals surface area contributed by atoms with Gasteiger partial charge in [-0.05, 0) is 54.8 Å². The van der Waals surface area contributed by atoms with E-state index in [-0.39, 0.29) is 35.1 Å². The summed E-state index contributed by atoms with van der Waals surface area (Å²) in [6.45, 7) is 7.09. The van der Waals surface area contributed by atoms with Crippen LogP contribution in [0.5, 0.6) is 0 Å². The predicted molar refractivity (Wildman–Crippen MR) is 151 cm³/mol. The Morgan fingerprint density at radius 3 is 2.62 bits per heavy atom. The van der Waals surface area contributed by atoms with E-state index in [1.165, 1.54) is 11.8 Å². The van der Waals surface area contributed by atoms with Crippen LogP contribution in [-0.2, 0) is 9.84 Å². The molecule has 2 atom stereocenters. The molecule has 4 aromatic rings. The minimum Gasteiger partial charge on any atom is -0.368 e. The first-order valence-corrected chi connectivity index (χ1v) is 15.4. The van der Waals surface area contributed by atoms with Gasteiger partial charge in [-0.2, -0.15) is 4.39 Å². The molecule has 0 amide bonds. The van der Waals surface area contributed by atoms with Gasteiger partial charge in [0.1, 0.15) is 21.5 Å². The molecule has 0 radical (unpaired) electrons. The van der Waals surface area contributed by atoms with Crippen molar-refractivity contribution in [1.29, 1.82) is 0 Å². The van der Waals surface area contributed by atoms with Crippen molar-refractivity contribution in [3.63, 3.8) is 0 Å². The Balaban J connectivity index is 1.30. The monoisotopic (exact) mass is 549 g/mol. The van der Waals surface area contributed by atoms with Gasteiger partial charge in [0, 0.05) is 54.4 Å². The number of halogens is 1. The Hall–Kier alpha value is -3.60. The molecule has 2 fully saturated rings. The third-order valence-corrected chi connectivity index (χ3v) is 8.76. The Bertz CT molecular complexity index is 1670. The van der Waals surface area contributed by atoms with E-state index in [4.69, 9.17) is 0 Å². The van der Waals surface area contributed by atoms with Gasteiger partial charge in [-0.25, -0.2) is 23.4 Å². The minimum absolute atomic E-state index is 0.113. The average molecular weight is 550 g/mol. The SMILES string of the molecule is CC(C)c1ccc(N2C[C@H](CS(C)(=O)=O)[C@H]2C)c2cnc(Nc3ccnc(-c4cn(C5CC5)nc4F)n3)cc12. The van der Waals surface area contributed by atoms with Gasteiger partial charge < -0.3 is 10.2 Å². The molecular weight excluding hydrogens is 517 g/mol. The number of fused-ring (bicyclic) bond motifs is 1. The number of hydrogen-bond donors (Lipinski definition) is 1. The van der Waals surface area contributed by atoms with Crippen LogP contribution in [0.25, 0.3) is 22.2 Å². The Kier molecular flexibility index (Phi) is 6.28. The van der Waals surface area contributed by atoms with Crippen molar-refractivity contribution in [2.75, 3.05) is 28.8 Å². The Morgan fingerprint density at radius 2 is 1.92 bits per heavy atom. The Morgan fingerprint density at radius 1 is 1.13 bits per heavy atom. The third kappa shape index (κ3) is 5.07. The van der Waals surface area contributed by atoms with E-state index in [0.29, 0.717) is 24.1 Å². The van der Waals surface area contributed by atoms with Crippen LogP contribution >= 0.6 is 0 Å². The van der Waals surface area contributed by atoms with E-state index in [1.807, 2.05) is 12.3 Å². The third-order valence-electron chi connectivity index (χ3n) is 7.73. The topological polar surface area (TPSA) is 106 Å². The fourth-order valence-corrected chi connectivity index (χ4v) is 6.55. The first-order valence-electron chi connectivity index (χ1n) is 13.3. The van der Waals surface area contributed by atoms with Crippen LogP contribution in [0.15, 0.2) is 42.9 Å². The van der Waals surface area contributed by atoms with Crippen LogP contribution < -0.4 is 10.2 Å². The van der Waals surface area contributed by atoms with Crippen LogP contribution in [0.3, 0.4) is 0 Å². The van der Waals surface area contributed by atoms with E-state index >= 15 is 0 Å². The quantitative estimate of drug-likeness (QED) is 0.324. The number of anilines is 3. The normalized spacial score (nSPS) is 19.5. The summed E-state index contributed by atoms with van der Waals surface area (Å²) in [5.74, 6) is 1.43. The van der Waals surface area contributed by atoms with Gasteiger partial charge in [0.2, 0.25) is 5.95 Å². The number of pyridine rings is 1. The van der Waals surface area contributed by atoms with Crippen molar-refractivity contribution in [1.82, 2.24) is 24.7 Å². The molecule has 1 saturated carbocycles. The van der Waals surface area contributed by atoms with Crippen LogP contribution in [0.4, 0.5) is 21.7 Å². The van der Waals surface area contributed by atoms with Crippen LogP contribution in [-0.4, -0.2) is 57.7 Å². The first kappa shape index (κ1) is 25.7. The molecule has 6 rings (SSSR count). The summed E-state index contributed by atoms with van der Waals surface area (Å²) in [7, 11) is -3.03. The number of nitrogens with zero attached hydrogens (tertiary/aromatic N) is 6. The highest BCUT2D eigenvalue weighted by atomic mass is 32.2. The molecule has 1 aromatic carbocycles. The molecule has 204 valence electrons. The zero-order valence-corrected chi connectivity index (χ0v) is 23.3. The second kappa shape index (κ2) is 9.55. The lowest BCUT2D eigenvalue weighted by Gasteiger charge is -2.48. The van der Waals surface area contributed by atoms with E-state index < -0.39 is 15.8 Å². The van der Waals surface area contributed by atoms with Gasteiger partial charge in [-0.15, -0.1) is 5.10 Å². The highest BCUT2D eigenvalue weighted by Gasteiger charge is 2.38. The molecule has 39 heavy (non-hydrogen) atoms. The molecule has 0 spiro atoms. The first-order chi connectivity index (χ1) is 18.6. The van der Waals surface area contributed by atoms with Crippen molar-refractivity contribution in [2.45, 2.75) is 51.6 Å². The molecule has 2 aliphatic rings. The lowest BCUT2D eigenvalue weighted by Crippen LogP contribution is -2.57. The number of nitrogens with one attached hydrogen (secondary N) is 1. The van der Waals surface area contributed by atoms with E-state index in [0.717, 1.165) is 29.3 Å². The summed E-state index contributed by atoms with van der Waals surface area (Å²) in [5.41, 5.74) is 2.53. The van der Waals surface area contributed by atoms with Gasteiger partial charge in [0.25, 0.3) is 0 Å². The van der Waals surface area contributed by atoms with Crippen LogP contribution in [0, 0.1) is 11.9 Å². The summed E-state index contributed by atoms with van der Waals surface area (Å²) in [6, 6.07) is 8.39. The maximum absolute atomic E-state index is 14.5. The predicted octanol–water partition coefficient (Wildman–Crippen LogP) is 5.10. The number of rotatable bonds is 8. The van der Waals surface area contributed by atoms with E-state index in [1.54, 1.807) is 23.1 Å². The minimum atomic E-state index is -3.03. The molecule has 0 unspecified atom stereocenters.